The molecule has 526 valence electrons. The van der Waals surface area contributed by atoms with E-state index in [0.29, 0.717) is 56.3 Å². The second-order valence-electron chi connectivity index (χ2n) is 25.7. The van der Waals surface area contributed by atoms with Crippen molar-refractivity contribution in [3.8, 4) is 0 Å². The molecule has 0 aliphatic carbocycles. The number of nitrogens with two attached hydrogens (primary N) is 1. The number of primary amides is 1. The molecule has 0 spiro atoms. The number of urea groups is 1. The SMILES string of the molecule is CC[C@H](C)[C@@H]([C@@H](CC(=O)N1CCC[C@H]1[C@H](OC)[C@@H](C)C(=O)N[C@H](Cc1ccccc1)C(=O)O)OC)N(C)C(=O)[C@@H](NC(=O)[C@H](C(C)C)N(C)C(=O)OCc1ccc(NC(=O)[C@H](CCCNC(N)=O)NC(=O)[C@@H](NC(=O)CCCCCN2C(=O)C=CC2=O)C(C)C)cc1)C(C)C. The van der Waals surface area contributed by atoms with E-state index in [-0.39, 0.29) is 81.4 Å². The highest BCUT2D eigenvalue weighted by atomic mass is 16.6. The molecule has 4 rings (SSSR count). The van der Waals surface area contributed by atoms with Crippen molar-refractivity contribution in [2.24, 2.45) is 35.3 Å². The Hall–Kier alpha value is -8.46. The highest BCUT2D eigenvalue weighted by Gasteiger charge is 2.44. The average Bonchev–Trinajstić information content (AvgIpc) is 1.81. The number of aliphatic carboxylic acids is 1. The molecule has 0 aromatic heterocycles. The average molecular weight is 1330 g/mol. The minimum atomic E-state index is -1.19. The molecular formula is C68H103N11O16. The van der Waals surface area contributed by atoms with Gasteiger partial charge in [0.1, 0.15) is 36.8 Å². The van der Waals surface area contributed by atoms with Crippen LogP contribution >= 0.6 is 0 Å². The summed E-state index contributed by atoms with van der Waals surface area (Å²) in [6.45, 7) is 16.6. The van der Waals surface area contributed by atoms with Crippen LogP contribution in [-0.2, 0) is 75.2 Å². The van der Waals surface area contributed by atoms with Crippen LogP contribution in [0.3, 0.4) is 0 Å². The molecule has 2 heterocycles. The largest absolute Gasteiger partial charge is 0.480 e. The quantitative estimate of drug-likeness (QED) is 0.0333. The van der Waals surface area contributed by atoms with Gasteiger partial charge < -0.3 is 66.8 Å². The number of carbonyl (C=O) groups excluding carboxylic acids is 11. The number of hydrogen-bond donors (Lipinski definition) is 8. The Balaban J connectivity index is 1.38. The number of rotatable bonds is 39. The number of benzene rings is 2. The maximum atomic E-state index is 14.8. The zero-order valence-electron chi connectivity index (χ0n) is 57.5. The minimum absolute atomic E-state index is 0.0752. The summed E-state index contributed by atoms with van der Waals surface area (Å²) in [5.41, 5.74) is 6.83. The van der Waals surface area contributed by atoms with Crippen LogP contribution in [0.4, 0.5) is 15.3 Å². The Morgan fingerprint density at radius 2 is 1.33 bits per heavy atom. The number of nitrogens with zero attached hydrogens (tertiary/aromatic N) is 4. The van der Waals surface area contributed by atoms with Gasteiger partial charge in [0.15, 0.2) is 0 Å². The van der Waals surface area contributed by atoms with Crippen molar-refractivity contribution in [2.45, 2.75) is 194 Å². The van der Waals surface area contributed by atoms with E-state index in [2.05, 4.69) is 31.9 Å². The molecule has 2 aromatic carbocycles. The number of unbranched alkanes of at least 4 members (excludes halogenated alkanes) is 2. The number of methoxy groups -OCH3 is 2. The smallest absolute Gasteiger partial charge is 0.410 e. The lowest BCUT2D eigenvalue weighted by atomic mass is 9.89. The number of nitrogens with one attached hydrogen (secondary N) is 6. The zero-order valence-corrected chi connectivity index (χ0v) is 57.5. The molecule has 11 atom stereocenters. The fraction of sp³-hybridized carbons (Fsp3) is 0.618. The number of hydrogen-bond acceptors (Lipinski definition) is 15. The number of amides is 12. The third-order valence-electron chi connectivity index (χ3n) is 17.6. The van der Waals surface area contributed by atoms with Crippen LogP contribution in [0.5, 0.6) is 0 Å². The molecular weight excluding hydrogens is 1230 g/mol. The molecule has 2 aliphatic rings. The van der Waals surface area contributed by atoms with Crippen molar-refractivity contribution in [3.63, 3.8) is 0 Å². The Labute approximate surface area is 558 Å². The first-order valence-electron chi connectivity index (χ1n) is 32.9. The molecule has 95 heavy (non-hydrogen) atoms. The van der Waals surface area contributed by atoms with Gasteiger partial charge in [-0.1, -0.05) is 118 Å². The van der Waals surface area contributed by atoms with Gasteiger partial charge in [0.05, 0.1) is 36.6 Å². The molecule has 0 unspecified atom stereocenters. The van der Waals surface area contributed by atoms with E-state index in [0.717, 1.165) is 15.4 Å². The summed E-state index contributed by atoms with van der Waals surface area (Å²) < 4.78 is 17.7. The molecule has 2 aliphatic heterocycles. The van der Waals surface area contributed by atoms with Crippen molar-refractivity contribution in [1.82, 2.24) is 46.2 Å². The lowest BCUT2D eigenvalue weighted by Gasteiger charge is -2.41. The number of likely N-dealkylation sites (N-methyl/N-ethyl adjacent to an activating group) is 2. The summed E-state index contributed by atoms with van der Waals surface area (Å²) in [7, 11) is 5.96. The topological polar surface area (TPSA) is 364 Å². The lowest BCUT2D eigenvalue weighted by Crippen LogP contribution is -2.60. The van der Waals surface area contributed by atoms with Crippen molar-refractivity contribution >= 4 is 76.9 Å². The molecule has 27 heteroatoms. The molecule has 0 bridgehead atoms. The second kappa shape index (κ2) is 38.8. The molecule has 0 radical (unpaired) electrons. The summed E-state index contributed by atoms with van der Waals surface area (Å²) in [5.74, 6) is -7.74. The Kier molecular flexibility index (Phi) is 32.2. The van der Waals surface area contributed by atoms with Gasteiger partial charge >= 0.3 is 18.1 Å². The van der Waals surface area contributed by atoms with Gasteiger partial charge in [-0.3, -0.25) is 53.0 Å². The summed E-state index contributed by atoms with van der Waals surface area (Å²) in [6, 6.07) is 7.86. The number of carboxylic acids is 1. The van der Waals surface area contributed by atoms with Gasteiger partial charge in [-0.25, -0.2) is 14.4 Å². The van der Waals surface area contributed by atoms with E-state index in [1.807, 2.05) is 19.9 Å². The molecule has 1 saturated heterocycles. The molecule has 12 amide bonds. The first-order valence-corrected chi connectivity index (χ1v) is 32.9. The van der Waals surface area contributed by atoms with E-state index in [4.69, 9.17) is 19.9 Å². The van der Waals surface area contributed by atoms with E-state index in [1.54, 1.807) is 109 Å². The van der Waals surface area contributed by atoms with Crippen LogP contribution in [0.1, 0.15) is 138 Å². The van der Waals surface area contributed by atoms with Crippen LogP contribution in [0.2, 0.25) is 0 Å². The summed E-state index contributed by atoms with van der Waals surface area (Å²) >= 11 is 0. The number of carboxylic acid groups (broad SMARTS) is 1. The van der Waals surface area contributed by atoms with Crippen LogP contribution < -0.4 is 37.6 Å². The maximum absolute atomic E-state index is 14.8. The van der Waals surface area contributed by atoms with Crippen molar-refractivity contribution in [2.75, 3.05) is 53.3 Å². The fourth-order valence-electron chi connectivity index (χ4n) is 12.0. The van der Waals surface area contributed by atoms with Crippen LogP contribution in [0, 0.1) is 29.6 Å². The number of anilines is 1. The van der Waals surface area contributed by atoms with Crippen molar-refractivity contribution < 1.29 is 76.9 Å². The third kappa shape index (κ3) is 23.8. The summed E-state index contributed by atoms with van der Waals surface area (Å²) in [5, 5.41) is 26.4. The third-order valence-corrected chi connectivity index (χ3v) is 17.6. The van der Waals surface area contributed by atoms with Gasteiger partial charge in [-0.2, -0.15) is 0 Å². The van der Waals surface area contributed by atoms with E-state index >= 15 is 0 Å². The molecule has 27 nitrogen and oxygen atoms in total. The van der Waals surface area contributed by atoms with Crippen LogP contribution in [0.15, 0.2) is 66.7 Å². The first-order chi connectivity index (χ1) is 44.9. The van der Waals surface area contributed by atoms with Crippen LogP contribution in [-0.4, -0.2) is 198 Å². The van der Waals surface area contributed by atoms with E-state index in [1.165, 1.54) is 38.3 Å². The number of imide groups is 1. The Morgan fingerprint density at radius 3 is 1.89 bits per heavy atom. The highest BCUT2D eigenvalue weighted by molar-refractivity contribution is 6.12. The zero-order chi connectivity index (χ0) is 70.8. The fourth-order valence-corrected chi connectivity index (χ4v) is 12.0. The second-order valence-corrected chi connectivity index (χ2v) is 25.7. The minimum Gasteiger partial charge on any atom is -0.480 e. The Bertz CT molecular complexity index is 2950. The molecule has 2 aromatic rings. The van der Waals surface area contributed by atoms with Gasteiger partial charge in [0.25, 0.3) is 11.8 Å². The lowest BCUT2D eigenvalue weighted by molar-refractivity contribution is -0.148. The van der Waals surface area contributed by atoms with Gasteiger partial charge in [0, 0.05) is 78.6 Å². The monoisotopic (exact) mass is 1330 g/mol. The van der Waals surface area contributed by atoms with Gasteiger partial charge in [0.2, 0.25) is 41.4 Å². The Morgan fingerprint density at radius 1 is 0.695 bits per heavy atom. The van der Waals surface area contributed by atoms with Crippen molar-refractivity contribution in [1.29, 1.82) is 0 Å². The number of ether oxygens (including phenoxy) is 3. The van der Waals surface area contributed by atoms with E-state index < -0.39 is 126 Å². The van der Waals surface area contributed by atoms with Gasteiger partial charge in [-0.05, 0) is 85.5 Å². The first kappa shape index (κ1) is 79.0. The van der Waals surface area contributed by atoms with Crippen LogP contribution in [0.25, 0.3) is 0 Å². The van der Waals surface area contributed by atoms with Crippen molar-refractivity contribution in [3.05, 3.63) is 77.9 Å². The summed E-state index contributed by atoms with van der Waals surface area (Å²) in [4.78, 5) is 165. The molecule has 9 N–H and O–H groups in total. The summed E-state index contributed by atoms with van der Waals surface area (Å²) in [6.07, 6.45) is 3.58. The standard InChI is InChI=1S/C68H103N11O16/c1-14-43(8)59(51(93-12)38-55(83)78-36-22-26-50(78)60(94-13)44(9)61(84)73-49(66(89)90)37-45-23-17-15-18-24-45)76(10)65(88)57(41(4)5)75-64(87)58(42(6)7)77(11)68(92)95-39-46-28-30-47(31-29-46)71-62(85)48(25-21-34-70-67(69)91)72-63(86)56(40(2)3)74-52(80)27-19-16-20-35-79-53(81)32-33-54(79)82/h15,17-18,23-24,28-33,40-44,48-51,56-60H,14,16,19-22,25-27,34-39H2,1-13H3,(H,71,85)(H,72,86)(H,73,84)(H,74,80)(H,75,87)(H,89,90)(H3,69,70,91)/t43-,44+,48-,49+,50-,51+,56-,57-,58-,59-,60+/m0/s1. The molecule has 1 fully saturated rings. The number of likely N-dealkylation sites (tertiary alicyclic amines) is 1. The predicted molar refractivity (Wildman–Crippen MR) is 354 cm³/mol. The normalized spacial score (nSPS) is 16.9. The highest BCUT2D eigenvalue weighted by Crippen LogP contribution is 2.30. The van der Waals surface area contributed by atoms with E-state index in [9.17, 15) is 62.6 Å². The predicted octanol–water partition coefficient (Wildman–Crippen LogP) is 4.65. The van der Waals surface area contributed by atoms with Gasteiger partial charge in [-0.15, -0.1) is 0 Å². The number of carbonyl (C=O) groups is 12. The molecule has 0 saturated carbocycles. The maximum Gasteiger partial charge on any atom is 0.410 e.